The zero-order valence-corrected chi connectivity index (χ0v) is 19.6. The Morgan fingerprint density at radius 2 is 2.00 bits per heavy atom. The van der Waals surface area contributed by atoms with Gasteiger partial charge < -0.3 is 15.7 Å². The molecule has 0 unspecified atom stereocenters. The monoisotopic (exact) mass is 493 g/mol. The lowest BCUT2D eigenvalue weighted by Gasteiger charge is -2.30. The van der Waals surface area contributed by atoms with Crippen LogP contribution < -0.4 is 16.2 Å². The Labute approximate surface area is 205 Å². The van der Waals surface area contributed by atoms with E-state index in [1.807, 2.05) is 0 Å². The van der Waals surface area contributed by atoms with Gasteiger partial charge in [-0.15, -0.1) is 0 Å². The van der Waals surface area contributed by atoms with Crippen molar-refractivity contribution in [2.24, 2.45) is 5.41 Å². The Morgan fingerprint density at radius 3 is 2.74 bits per heavy atom. The minimum atomic E-state index is -0.369. The van der Waals surface area contributed by atoms with Gasteiger partial charge in [-0.3, -0.25) is 9.36 Å². The fourth-order valence-corrected chi connectivity index (χ4v) is 5.42. The molecule has 172 valence electrons. The number of hydrogen-bond acceptors (Lipinski definition) is 6. The Bertz CT molecular complexity index is 1480. The standard InChI is InChI=1S/C25H21Cl2N5O2/c26-19-2-1-3-20(27)22(19)32-11-15(12-33)21-17(23(32)34)10-29-24(31-21)30-16-4-5-18-14(8-16)9-28-13-25(18)6-7-25/h1-5,9-11,28,33H,6-8,12-13H2,(H,29,30,31). The summed E-state index contributed by atoms with van der Waals surface area (Å²) in [4.78, 5) is 22.2. The van der Waals surface area contributed by atoms with E-state index in [4.69, 9.17) is 23.2 Å². The summed E-state index contributed by atoms with van der Waals surface area (Å²) in [6.07, 6.45) is 12.6. The van der Waals surface area contributed by atoms with Crippen molar-refractivity contribution < 1.29 is 5.11 Å². The van der Waals surface area contributed by atoms with Crippen LogP contribution in [0.1, 0.15) is 24.8 Å². The van der Waals surface area contributed by atoms with E-state index in [2.05, 4.69) is 39.0 Å². The van der Waals surface area contributed by atoms with Crippen molar-refractivity contribution in [2.45, 2.75) is 25.9 Å². The molecule has 1 aliphatic heterocycles. The van der Waals surface area contributed by atoms with Gasteiger partial charge in [0.05, 0.1) is 33.2 Å². The minimum absolute atomic E-state index is 0.266. The Hall–Kier alpha value is -3.13. The topological polar surface area (TPSA) is 92.1 Å². The summed E-state index contributed by atoms with van der Waals surface area (Å²) < 4.78 is 1.33. The van der Waals surface area contributed by atoms with E-state index < -0.39 is 0 Å². The van der Waals surface area contributed by atoms with Crippen LogP contribution in [-0.2, 0) is 6.61 Å². The maximum absolute atomic E-state index is 13.3. The number of aliphatic hydroxyl groups excluding tert-OH is 1. The number of benzene rings is 1. The SMILES string of the molecule is O=c1c2cnc(NC3=CC=C4C(=CNCC45CC5)C3)nc2c(CO)cn1-c1c(Cl)cccc1Cl. The molecule has 1 fully saturated rings. The lowest BCUT2D eigenvalue weighted by molar-refractivity contribution is 0.282. The summed E-state index contributed by atoms with van der Waals surface area (Å²) >= 11 is 12.6. The molecule has 1 spiro atoms. The van der Waals surface area contributed by atoms with Gasteiger partial charge >= 0.3 is 0 Å². The maximum Gasteiger partial charge on any atom is 0.266 e. The number of fused-ring (bicyclic) bond motifs is 3. The first-order chi connectivity index (χ1) is 16.5. The average molecular weight is 494 g/mol. The minimum Gasteiger partial charge on any atom is -0.392 e. The van der Waals surface area contributed by atoms with Gasteiger partial charge in [-0.25, -0.2) is 9.97 Å². The lowest BCUT2D eigenvalue weighted by Crippen LogP contribution is -2.29. The van der Waals surface area contributed by atoms with Crippen LogP contribution >= 0.6 is 23.2 Å². The van der Waals surface area contributed by atoms with Crippen molar-refractivity contribution >= 4 is 40.1 Å². The van der Waals surface area contributed by atoms with Gasteiger partial charge in [-0.05, 0) is 42.2 Å². The number of allylic oxidation sites excluding steroid dienone is 3. The zero-order chi connectivity index (χ0) is 23.4. The molecule has 2 aromatic heterocycles. The van der Waals surface area contributed by atoms with Gasteiger partial charge in [-0.1, -0.05) is 35.3 Å². The first-order valence-corrected chi connectivity index (χ1v) is 11.8. The number of para-hydroxylation sites is 1. The third kappa shape index (κ3) is 3.43. The van der Waals surface area contributed by atoms with Crippen LogP contribution in [0.2, 0.25) is 10.0 Å². The highest BCUT2D eigenvalue weighted by atomic mass is 35.5. The summed E-state index contributed by atoms with van der Waals surface area (Å²) in [6, 6.07) is 5.01. The van der Waals surface area contributed by atoms with Gasteiger partial charge in [0.15, 0.2) is 0 Å². The van der Waals surface area contributed by atoms with Crippen molar-refractivity contribution in [3.8, 4) is 5.69 Å². The molecule has 0 radical (unpaired) electrons. The molecule has 3 N–H and O–H groups in total. The molecule has 3 heterocycles. The van der Waals surface area contributed by atoms with Crippen LogP contribution in [0, 0.1) is 5.41 Å². The summed E-state index contributed by atoms with van der Waals surface area (Å²) in [7, 11) is 0. The fraction of sp³-hybridized carbons (Fsp3) is 0.240. The predicted octanol–water partition coefficient (Wildman–Crippen LogP) is 4.47. The second kappa shape index (κ2) is 7.98. The smallest absolute Gasteiger partial charge is 0.266 e. The molecule has 0 saturated heterocycles. The Balaban J connectivity index is 1.38. The molecule has 6 rings (SSSR count). The van der Waals surface area contributed by atoms with Crippen LogP contribution in [0.3, 0.4) is 0 Å². The first kappa shape index (κ1) is 21.4. The molecule has 0 atom stereocenters. The average Bonchev–Trinajstić information content (AvgIpc) is 3.60. The van der Waals surface area contributed by atoms with Crippen LogP contribution in [0.15, 0.2) is 70.6 Å². The van der Waals surface area contributed by atoms with Crippen molar-refractivity contribution in [2.75, 3.05) is 11.9 Å². The van der Waals surface area contributed by atoms with Gasteiger partial charge in [0, 0.05) is 48.2 Å². The molecule has 34 heavy (non-hydrogen) atoms. The van der Waals surface area contributed by atoms with Crippen molar-refractivity contribution in [3.05, 3.63) is 91.8 Å². The number of halogens is 2. The first-order valence-electron chi connectivity index (χ1n) is 11.1. The number of anilines is 1. The van der Waals surface area contributed by atoms with Crippen LogP contribution in [-0.4, -0.2) is 26.2 Å². The van der Waals surface area contributed by atoms with Gasteiger partial charge in [0.1, 0.15) is 0 Å². The number of rotatable bonds is 4. The van der Waals surface area contributed by atoms with Crippen LogP contribution in [0.4, 0.5) is 5.95 Å². The van der Waals surface area contributed by atoms with E-state index in [0.717, 1.165) is 18.7 Å². The number of nitrogens with one attached hydrogen (secondary N) is 2. The van der Waals surface area contributed by atoms with Gasteiger partial charge in [0.25, 0.3) is 5.56 Å². The summed E-state index contributed by atoms with van der Waals surface area (Å²) in [5, 5.41) is 17.7. The third-order valence-corrected chi connectivity index (χ3v) is 7.38. The maximum atomic E-state index is 13.3. The second-order valence-electron chi connectivity index (χ2n) is 8.92. The molecule has 0 amide bonds. The molecule has 0 bridgehead atoms. The molecule has 9 heteroatoms. The largest absolute Gasteiger partial charge is 0.392 e. The molecular formula is C25H21Cl2N5O2. The highest BCUT2D eigenvalue weighted by molar-refractivity contribution is 6.37. The molecule has 7 nitrogen and oxygen atoms in total. The van der Waals surface area contributed by atoms with E-state index in [0.29, 0.717) is 38.2 Å². The van der Waals surface area contributed by atoms with Crippen LogP contribution in [0.5, 0.6) is 0 Å². The van der Waals surface area contributed by atoms with Crippen molar-refractivity contribution in [1.29, 1.82) is 0 Å². The number of hydrogen-bond donors (Lipinski definition) is 3. The highest BCUT2D eigenvalue weighted by Crippen LogP contribution is 2.56. The fourth-order valence-electron chi connectivity index (χ4n) is 4.84. The van der Waals surface area contributed by atoms with Gasteiger partial charge in [-0.2, -0.15) is 0 Å². The van der Waals surface area contributed by atoms with E-state index in [1.165, 1.54) is 40.9 Å². The Kier molecular flexibility index (Phi) is 5.02. The number of aromatic nitrogens is 3. The lowest BCUT2D eigenvalue weighted by atomic mass is 9.82. The highest BCUT2D eigenvalue weighted by Gasteiger charge is 2.48. The van der Waals surface area contributed by atoms with E-state index in [-0.39, 0.29) is 17.6 Å². The summed E-state index contributed by atoms with van der Waals surface area (Å²) in [5.74, 6) is 0.365. The molecule has 3 aromatic rings. The van der Waals surface area contributed by atoms with Crippen molar-refractivity contribution in [1.82, 2.24) is 19.9 Å². The zero-order valence-electron chi connectivity index (χ0n) is 18.1. The number of pyridine rings is 1. The quantitative estimate of drug-likeness (QED) is 0.496. The van der Waals surface area contributed by atoms with Gasteiger partial charge in [0.2, 0.25) is 5.95 Å². The van der Waals surface area contributed by atoms with E-state index >= 15 is 0 Å². The molecule has 1 saturated carbocycles. The Morgan fingerprint density at radius 1 is 1.21 bits per heavy atom. The third-order valence-electron chi connectivity index (χ3n) is 6.77. The normalized spacial score (nSPS) is 18.0. The predicted molar refractivity (Wildman–Crippen MR) is 133 cm³/mol. The molecule has 3 aliphatic rings. The van der Waals surface area contributed by atoms with Crippen LogP contribution in [0.25, 0.3) is 16.6 Å². The molecule has 1 aromatic carbocycles. The summed E-state index contributed by atoms with van der Waals surface area (Å²) in [5.41, 5.74) is 4.82. The van der Waals surface area contributed by atoms with E-state index in [1.54, 1.807) is 18.2 Å². The summed E-state index contributed by atoms with van der Waals surface area (Å²) in [6.45, 7) is 0.693. The molecular weight excluding hydrogens is 473 g/mol. The number of nitrogens with zero attached hydrogens (tertiary/aromatic N) is 3. The number of aliphatic hydroxyl groups is 1. The molecule has 2 aliphatic carbocycles. The van der Waals surface area contributed by atoms with Crippen molar-refractivity contribution in [3.63, 3.8) is 0 Å². The second-order valence-corrected chi connectivity index (χ2v) is 9.73. The van der Waals surface area contributed by atoms with E-state index in [9.17, 15) is 9.90 Å².